The molecule has 0 bridgehead atoms. The van der Waals surface area contributed by atoms with Crippen LogP contribution in [-0.2, 0) is 11.3 Å². The van der Waals surface area contributed by atoms with E-state index in [0.717, 1.165) is 31.5 Å². The third kappa shape index (κ3) is 4.34. The van der Waals surface area contributed by atoms with Crippen molar-refractivity contribution in [1.29, 1.82) is 5.26 Å². The number of rotatable bonds is 4. The van der Waals surface area contributed by atoms with Crippen molar-refractivity contribution in [2.75, 3.05) is 19.6 Å². The summed E-state index contributed by atoms with van der Waals surface area (Å²) in [5.41, 5.74) is 7.46. The van der Waals surface area contributed by atoms with E-state index in [2.05, 4.69) is 16.3 Å². The molecule has 0 unspecified atom stereocenters. The lowest BCUT2D eigenvalue weighted by Gasteiger charge is -2.29. The molecule has 0 atom stereocenters. The Hall–Kier alpha value is -1.90. The minimum atomic E-state index is 0.0323. The summed E-state index contributed by atoms with van der Waals surface area (Å²) >= 11 is 0. The molecule has 1 aromatic rings. The quantitative estimate of drug-likeness (QED) is 0.841. The minimum absolute atomic E-state index is 0.0323. The van der Waals surface area contributed by atoms with E-state index in [1.54, 1.807) is 12.1 Å². The van der Waals surface area contributed by atoms with Gasteiger partial charge in [-0.1, -0.05) is 12.1 Å². The van der Waals surface area contributed by atoms with E-state index in [0.29, 0.717) is 18.7 Å². The van der Waals surface area contributed by atoms with Gasteiger partial charge in [0.1, 0.15) is 0 Å². The number of carbonyl (C=O) groups is 1. The number of piperidine rings is 1. The summed E-state index contributed by atoms with van der Waals surface area (Å²) in [6.45, 7) is 2.72. The Labute approximate surface area is 119 Å². The van der Waals surface area contributed by atoms with Crippen LogP contribution in [0.4, 0.5) is 0 Å². The lowest BCUT2D eigenvalue weighted by atomic mass is 10.1. The highest BCUT2D eigenvalue weighted by Gasteiger charge is 2.17. The second-order valence-corrected chi connectivity index (χ2v) is 5.20. The molecule has 0 radical (unpaired) electrons. The molecule has 1 saturated heterocycles. The highest BCUT2D eigenvalue weighted by molar-refractivity contribution is 5.78. The SMILES string of the molecule is N#Cc1ccc(CNC(=O)CN2CCC(N)CC2)cc1. The van der Waals surface area contributed by atoms with Crippen LogP contribution in [0.5, 0.6) is 0 Å². The number of nitriles is 1. The zero-order chi connectivity index (χ0) is 14.4. The molecule has 1 amide bonds. The van der Waals surface area contributed by atoms with Crippen LogP contribution in [0.15, 0.2) is 24.3 Å². The molecular weight excluding hydrogens is 252 g/mol. The second kappa shape index (κ2) is 7.04. The van der Waals surface area contributed by atoms with Gasteiger partial charge in [-0.3, -0.25) is 9.69 Å². The molecule has 20 heavy (non-hydrogen) atoms. The smallest absolute Gasteiger partial charge is 0.234 e. The lowest BCUT2D eigenvalue weighted by molar-refractivity contribution is -0.122. The molecule has 2 rings (SSSR count). The molecular formula is C15H20N4O. The molecule has 0 saturated carbocycles. The van der Waals surface area contributed by atoms with Crippen molar-refractivity contribution in [1.82, 2.24) is 10.2 Å². The first kappa shape index (κ1) is 14.5. The number of likely N-dealkylation sites (tertiary alicyclic amines) is 1. The van der Waals surface area contributed by atoms with Crippen molar-refractivity contribution >= 4 is 5.91 Å². The third-order valence-electron chi connectivity index (χ3n) is 3.57. The maximum absolute atomic E-state index is 11.9. The highest BCUT2D eigenvalue weighted by atomic mass is 16.2. The average molecular weight is 272 g/mol. The van der Waals surface area contributed by atoms with Crippen LogP contribution in [0, 0.1) is 11.3 Å². The summed E-state index contributed by atoms with van der Waals surface area (Å²) < 4.78 is 0. The van der Waals surface area contributed by atoms with Crippen LogP contribution >= 0.6 is 0 Å². The number of benzene rings is 1. The van der Waals surface area contributed by atoms with Crippen molar-refractivity contribution in [2.24, 2.45) is 5.73 Å². The Bertz CT molecular complexity index is 484. The van der Waals surface area contributed by atoms with Crippen molar-refractivity contribution in [3.8, 4) is 6.07 Å². The number of carbonyl (C=O) groups excluding carboxylic acids is 1. The van der Waals surface area contributed by atoms with Gasteiger partial charge >= 0.3 is 0 Å². The topological polar surface area (TPSA) is 82.2 Å². The fourth-order valence-corrected chi connectivity index (χ4v) is 2.27. The summed E-state index contributed by atoms with van der Waals surface area (Å²) in [6, 6.07) is 9.59. The monoisotopic (exact) mass is 272 g/mol. The molecule has 1 aliphatic heterocycles. The summed E-state index contributed by atoms with van der Waals surface area (Å²) in [7, 11) is 0. The first-order valence-electron chi connectivity index (χ1n) is 6.91. The summed E-state index contributed by atoms with van der Waals surface area (Å²) in [5, 5.41) is 11.6. The molecule has 1 fully saturated rings. The Kier molecular flexibility index (Phi) is 5.10. The zero-order valence-electron chi connectivity index (χ0n) is 11.5. The molecule has 1 aliphatic rings. The van der Waals surface area contributed by atoms with Crippen LogP contribution < -0.4 is 11.1 Å². The number of hydrogen-bond donors (Lipinski definition) is 2. The van der Waals surface area contributed by atoms with E-state index < -0.39 is 0 Å². The van der Waals surface area contributed by atoms with Gasteiger partial charge in [-0.2, -0.15) is 5.26 Å². The number of amides is 1. The van der Waals surface area contributed by atoms with Gasteiger partial charge in [0, 0.05) is 25.7 Å². The Morgan fingerprint density at radius 3 is 2.60 bits per heavy atom. The van der Waals surface area contributed by atoms with E-state index in [9.17, 15) is 4.79 Å². The van der Waals surface area contributed by atoms with Crippen molar-refractivity contribution in [3.63, 3.8) is 0 Å². The van der Waals surface area contributed by atoms with E-state index in [-0.39, 0.29) is 11.9 Å². The zero-order valence-corrected chi connectivity index (χ0v) is 11.5. The van der Waals surface area contributed by atoms with Gasteiger partial charge in [0.05, 0.1) is 18.2 Å². The number of nitrogens with two attached hydrogens (primary N) is 1. The van der Waals surface area contributed by atoms with Crippen molar-refractivity contribution in [2.45, 2.75) is 25.4 Å². The summed E-state index contributed by atoms with van der Waals surface area (Å²) in [4.78, 5) is 14.0. The first-order valence-corrected chi connectivity index (χ1v) is 6.91. The van der Waals surface area contributed by atoms with Crippen molar-refractivity contribution < 1.29 is 4.79 Å². The molecule has 3 N–H and O–H groups in total. The van der Waals surface area contributed by atoms with E-state index >= 15 is 0 Å². The Balaban J connectivity index is 1.73. The van der Waals surface area contributed by atoms with E-state index in [1.165, 1.54) is 0 Å². The Morgan fingerprint density at radius 2 is 2.00 bits per heavy atom. The molecule has 0 spiro atoms. The molecule has 1 heterocycles. The lowest BCUT2D eigenvalue weighted by Crippen LogP contribution is -2.44. The number of nitrogens with zero attached hydrogens (tertiary/aromatic N) is 2. The second-order valence-electron chi connectivity index (χ2n) is 5.20. The van der Waals surface area contributed by atoms with E-state index in [4.69, 9.17) is 11.0 Å². The van der Waals surface area contributed by atoms with Gasteiger partial charge in [-0.25, -0.2) is 0 Å². The first-order chi connectivity index (χ1) is 9.67. The molecule has 106 valence electrons. The fourth-order valence-electron chi connectivity index (χ4n) is 2.27. The van der Waals surface area contributed by atoms with Crippen LogP contribution in [0.2, 0.25) is 0 Å². The van der Waals surface area contributed by atoms with Crippen LogP contribution in [0.3, 0.4) is 0 Å². The fraction of sp³-hybridized carbons (Fsp3) is 0.467. The molecule has 0 aliphatic carbocycles. The summed E-state index contributed by atoms with van der Waals surface area (Å²) in [6.07, 6.45) is 1.92. The minimum Gasteiger partial charge on any atom is -0.351 e. The third-order valence-corrected chi connectivity index (χ3v) is 3.57. The predicted molar refractivity (Wildman–Crippen MR) is 76.7 cm³/mol. The standard InChI is InChI=1S/C15H20N4O/c16-9-12-1-3-13(4-2-12)10-18-15(20)11-19-7-5-14(17)6-8-19/h1-4,14H,5-8,10-11,17H2,(H,18,20). The van der Waals surface area contributed by atoms with Gasteiger partial charge in [0.2, 0.25) is 5.91 Å². The van der Waals surface area contributed by atoms with Crippen molar-refractivity contribution in [3.05, 3.63) is 35.4 Å². The van der Waals surface area contributed by atoms with E-state index in [1.807, 2.05) is 12.1 Å². The number of hydrogen-bond acceptors (Lipinski definition) is 4. The van der Waals surface area contributed by atoms with Gasteiger partial charge in [0.25, 0.3) is 0 Å². The van der Waals surface area contributed by atoms with Gasteiger partial charge in [-0.15, -0.1) is 0 Å². The molecule has 1 aromatic carbocycles. The van der Waals surface area contributed by atoms with Crippen LogP contribution in [-0.4, -0.2) is 36.5 Å². The highest BCUT2D eigenvalue weighted by Crippen LogP contribution is 2.07. The molecule has 0 aromatic heterocycles. The predicted octanol–water partition coefficient (Wildman–Crippen LogP) is 0.598. The Morgan fingerprint density at radius 1 is 1.35 bits per heavy atom. The molecule has 5 nitrogen and oxygen atoms in total. The average Bonchev–Trinajstić information content (AvgIpc) is 2.48. The van der Waals surface area contributed by atoms with Crippen LogP contribution in [0.25, 0.3) is 0 Å². The van der Waals surface area contributed by atoms with Gasteiger partial charge in [0.15, 0.2) is 0 Å². The largest absolute Gasteiger partial charge is 0.351 e. The maximum atomic E-state index is 11.9. The number of nitrogens with one attached hydrogen (secondary N) is 1. The van der Waals surface area contributed by atoms with Gasteiger partial charge < -0.3 is 11.1 Å². The van der Waals surface area contributed by atoms with Gasteiger partial charge in [-0.05, 0) is 30.5 Å². The molecule has 5 heteroatoms. The summed E-state index contributed by atoms with van der Waals surface area (Å²) in [5.74, 6) is 0.0323. The maximum Gasteiger partial charge on any atom is 0.234 e. The van der Waals surface area contributed by atoms with Crippen LogP contribution in [0.1, 0.15) is 24.0 Å². The normalized spacial score (nSPS) is 16.6.